The predicted molar refractivity (Wildman–Crippen MR) is 53.3 cm³/mol. The van der Waals surface area contributed by atoms with Crippen LogP contribution in [-0.4, -0.2) is 6.29 Å². The molecule has 0 aromatic heterocycles. The average molecular weight is 170 g/mol. The Labute approximate surface area is 77.4 Å². The minimum absolute atomic E-state index is 0.835. The average Bonchev–Trinajstić information content (AvgIpc) is 2.19. The quantitative estimate of drug-likeness (QED) is 0.467. The maximum Gasteiger partial charge on any atom is 0.143 e. The number of benzene rings is 1. The number of hydrogen-bond acceptors (Lipinski definition) is 1. The maximum atomic E-state index is 10.4. The summed E-state index contributed by atoms with van der Waals surface area (Å²) in [7, 11) is 0. The summed E-state index contributed by atoms with van der Waals surface area (Å²) in [5.74, 6) is 0. The van der Waals surface area contributed by atoms with E-state index in [2.05, 4.69) is 12.1 Å². The lowest BCUT2D eigenvalue weighted by Crippen LogP contribution is -1.95. The summed E-state index contributed by atoms with van der Waals surface area (Å²) in [6, 6.07) is 8.17. The van der Waals surface area contributed by atoms with Gasteiger partial charge in [0.1, 0.15) is 6.29 Å². The van der Waals surface area contributed by atoms with Crippen molar-refractivity contribution in [1.29, 1.82) is 0 Å². The minimum atomic E-state index is 0.835. The van der Waals surface area contributed by atoms with Gasteiger partial charge in [0.2, 0.25) is 0 Å². The molecule has 0 bridgehead atoms. The molecule has 0 radical (unpaired) electrons. The van der Waals surface area contributed by atoms with E-state index in [1.807, 2.05) is 24.3 Å². The Morgan fingerprint density at radius 2 is 2.08 bits per heavy atom. The lowest BCUT2D eigenvalue weighted by atomic mass is 9.93. The first-order valence-electron chi connectivity index (χ1n) is 4.32. The first-order valence-corrected chi connectivity index (χ1v) is 4.32. The second-order valence-electron chi connectivity index (χ2n) is 3.02. The number of hydrogen-bond donors (Lipinski definition) is 0. The topological polar surface area (TPSA) is 17.1 Å². The van der Waals surface area contributed by atoms with Crippen LogP contribution in [0.3, 0.4) is 0 Å². The van der Waals surface area contributed by atoms with Crippen molar-refractivity contribution in [3.8, 4) is 0 Å². The van der Waals surface area contributed by atoms with E-state index in [1.165, 1.54) is 11.1 Å². The Balaban J connectivity index is 2.54. The number of aldehydes is 1. The SMILES string of the molecule is O=CC=C1C=CCc2ccccc21. The van der Waals surface area contributed by atoms with Crippen LogP contribution in [0.15, 0.2) is 42.5 Å². The summed E-state index contributed by atoms with van der Waals surface area (Å²) in [6.45, 7) is 0. The molecule has 2 rings (SSSR count). The molecule has 0 atom stereocenters. The van der Waals surface area contributed by atoms with Crippen LogP contribution in [0.2, 0.25) is 0 Å². The zero-order chi connectivity index (χ0) is 9.10. The standard InChI is InChI=1S/C12H10O/c13-9-8-11-6-3-5-10-4-1-2-7-12(10)11/h1-4,6-9H,5H2. The highest BCUT2D eigenvalue weighted by molar-refractivity contribution is 5.88. The van der Waals surface area contributed by atoms with Gasteiger partial charge in [-0.3, -0.25) is 4.79 Å². The number of carbonyl (C=O) groups is 1. The monoisotopic (exact) mass is 170 g/mol. The van der Waals surface area contributed by atoms with Gasteiger partial charge in [-0.1, -0.05) is 36.4 Å². The van der Waals surface area contributed by atoms with E-state index in [4.69, 9.17) is 0 Å². The molecule has 1 aromatic carbocycles. The fraction of sp³-hybridized carbons (Fsp3) is 0.0833. The third-order valence-electron chi connectivity index (χ3n) is 2.21. The number of carbonyl (C=O) groups excluding carboxylic acids is 1. The summed E-state index contributed by atoms with van der Waals surface area (Å²) in [6.07, 6.45) is 7.48. The fourth-order valence-corrected chi connectivity index (χ4v) is 1.60. The van der Waals surface area contributed by atoms with Crippen LogP contribution in [0.4, 0.5) is 0 Å². The lowest BCUT2D eigenvalue weighted by Gasteiger charge is -2.12. The Morgan fingerprint density at radius 3 is 2.92 bits per heavy atom. The van der Waals surface area contributed by atoms with Crippen molar-refractivity contribution < 1.29 is 4.79 Å². The lowest BCUT2D eigenvalue weighted by molar-refractivity contribution is -0.104. The van der Waals surface area contributed by atoms with Gasteiger partial charge in [-0.25, -0.2) is 0 Å². The van der Waals surface area contributed by atoms with Crippen LogP contribution < -0.4 is 0 Å². The summed E-state index contributed by atoms with van der Waals surface area (Å²) >= 11 is 0. The van der Waals surface area contributed by atoms with Crippen LogP contribution in [0.5, 0.6) is 0 Å². The van der Waals surface area contributed by atoms with Crippen molar-refractivity contribution >= 4 is 11.9 Å². The molecule has 0 spiro atoms. The highest BCUT2D eigenvalue weighted by Crippen LogP contribution is 2.24. The number of allylic oxidation sites excluding steroid dienone is 4. The molecule has 1 heteroatoms. The molecule has 0 heterocycles. The Morgan fingerprint density at radius 1 is 1.23 bits per heavy atom. The maximum absolute atomic E-state index is 10.4. The normalized spacial score (nSPS) is 17.1. The second-order valence-corrected chi connectivity index (χ2v) is 3.02. The molecular formula is C12H10O. The Hall–Kier alpha value is -1.63. The van der Waals surface area contributed by atoms with Gasteiger partial charge in [0.25, 0.3) is 0 Å². The summed E-state index contributed by atoms with van der Waals surface area (Å²) < 4.78 is 0. The molecule has 0 N–H and O–H groups in total. The highest BCUT2D eigenvalue weighted by Gasteiger charge is 2.07. The molecule has 13 heavy (non-hydrogen) atoms. The van der Waals surface area contributed by atoms with E-state index in [1.54, 1.807) is 6.08 Å². The first kappa shape index (κ1) is 7.99. The Kier molecular flexibility index (Phi) is 2.09. The second kappa shape index (κ2) is 3.40. The molecule has 1 aliphatic rings. The van der Waals surface area contributed by atoms with Crippen LogP contribution in [0, 0.1) is 0 Å². The third-order valence-corrected chi connectivity index (χ3v) is 2.21. The van der Waals surface area contributed by atoms with Crippen molar-refractivity contribution in [3.05, 3.63) is 53.6 Å². The van der Waals surface area contributed by atoms with E-state index >= 15 is 0 Å². The van der Waals surface area contributed by atoms with Crippen LogP contribution in [0.1, 0.15) is 11.1 Å². The molecule has 0 aliphatic heterocycles. The summed E-state index contributed by atoms with van der Waals surface area (Å²) in [4.78, 5) is 10.4. The van der Waals surface area contributed by atoms with Gasteiger partial charge in [-0.05, 0) is 29.2 Å². The van der Waals surface area contributed by atoms with Gasteiger partial charge in [-0.2, -0.15) is 0 Å². The molecule has 1 aromatic rings. The first-order chi connectivity index (χ1) is 6.42. The largest absolute Gasteiger partial charge is 0.299 e. The van der Waals surface area contributed by atoms with Crippen molar-refractivity contribution in [2.45, 2.75) is 6.42 Å². The van der Waals surface area contributed by atoms with Gasteiger partial charge in [0, 0.05) is 0 Å². The molecule has 0 amide bonds. The Bertz CT molecular complexity index is 386. The van der Waals surface area contributed by atoms with Gasteiger partial charge >= 0.3 is 0 Å². The van der Waals surface area contributed by atoms with Crippen molar-refractivity contribution in [1.82, 2.24) is 0 Å². The van der Waals surface area contributed by atoms with Crippen molar-refractivity contribution in [3.63, 3.8) is 0 Å². The van der Waals surface area contributed by atoms with E-state index in [0.717, 1.165) is 18.3 Å². The third kappa shape index (κ3) is 1.45. The summed E-state index contributed by atoms with van der Waals surface area (Å²) in [5, 5.41) is 0. The molecule has 0 unspecified atom stereocenters. The highest BCUT2D eigenvalue weighted by atomic mass is 16.1. The minimum Gasteiger partial charge on any atom is -0.299 e. The molecule has 0 fully saturated rings. The van der Waals surface area contributed by atoms with Gasteiger partial charge in [0.15, 0.2) is 0 Å². The zero-order valence-corrected chi connectivity index (χ0v) is 7.23. The van der Waals surface area contributed by atoms with Crippen LogP contribution in [-0.2, 0) is 11.2 Å². The fourth-order valence-electron chi connectivity index (χ4n) is 1.60. The molecule has 64 valence electrons. The van der Waals surface area contributed by atoms with Crippen molar-refractivity contribution in [2.75, 3.05) is 0 Å². The molecule has 0 saturated heterocycles. The smallest absolute Gasteiger partial charge is 0.143 e. The van der Waals surface area contributed by atoms with E-state index in [-0.39, 0.29) is 0 Å². The van der Waals surface area contributed by atoms with Crippen LogP contribution >= 0.6 is 0 Å². The van der Waals surface area contributed by atoms with Gasteiger partial charge < -0.3 is 0 Å². The predicted octanol–water partition coefficient (Wildman–Crippen LogP) is 2.38. The van der Waals surface area contributed by atoms with Crippen LogP contribution in [0.25, 0.3) is 5.57 Å². The van der Waals surface area contributed by atoms with Crippen molar-refractivity contribution in [2.24, 2.45) is 0 Å². The molecular weight excluding hydrogens is 160 g/mol. The number of fused-ring (bicyclic) bond motifs is 1. The van der Waals surface area contributed by atoms with Gasteiger partial charge in [-0.15, -0.1) is 0 Å². The van der Waals surface area contributed by atoms with E-state index < -0.39 is 0 Å². The van der Waals surface area contributed by atoms with Gasteiger partial charge in [0.05, 0.1) is 0 Å². The molecule has 1 nitrogen and oxygen atoms in total. The molecule has 1 aliphatic carbocycles. The molecule has 0 saturated carbocycles. The number of rotatable bonds is 1. The van der Waals surface area contributed by atoms with E-state index in [9.17, 15) is 4.79 Å². The summed E-state index contributed by atoms with van der Waals surface area (Å²) in [5.41, 5.74) is 3.48. The van der Waals surface area contributed by atoms with E-state index in [0.29, 0.717) is 0 Å². The zero-order valence-electron chi connectivity index (χ0n) is 7.23.